The van der Waals surface area contributed by atoms with Gasteiger partial charge < -0.3 is 20.4 Å². The van der Waals surface area contributed by atoms with Gasteiger partial charge in [-0.25, -0.2) is 0 Å². The summed E-state index contributed by atoms with van der Waals surface area (Å²) in [5.41, 5.74) is 1.04. The van der Waals surface area contributed by atoms with Crippen molar-refractivity contribution in [1.29, 1.82) is 0 Å². The minimum absolute atomic E-state index is 0.0663. The summed E-state index contributed by atoms with van der Waals surface area (Å²) < 4.78 is 5.04. The second-order valence-electron chi connectivity index (χ2n) is 5.60. The molecule has 1 aromatic carbocycles. The Morgan fingerprint density at radius 3 is 2.88 bits per heavy atom. The van der Waals surface area contributed by atoms with Gasteiger partial charge in [0.25, 0.3) is 5.91 Å². The van der Waals surface area contributed by atoms with E-state index in [2.05, 4.69) is 16.0 Å². The number of thioether (sulfide) groups is 1. The molecule has 1 aromatic heterocycles. The van der Waals surface area contributed by atoms with E-state index in [0.29, 0.717) is 22.8 Å². The predicted molar refractivity (Wildman–Crippen MR) is 100 cm³/mol. The molecule has 0 spiro atoms. The topological polar surface area (TPSA) is 83.4 Å². The fourth-order valence-electron chi connectivity index (χ4n) is 2.47. The van der Waals surface area contributed by atoms with Crippen LogP contribution >= 0.6 is 23.4 Å². The molecule has 0 aliphatic carbocycles. The summed E-state index contributed by atoms with van der Waals surface area (Å²) in [6.07, 6.45) is 1.84. The lowest BCUT2D eigenvalue weighted by molar-refractivity contribution is -0.116. The Morgan fingerprint density at radius 2 is 2.20 bits per heavy atom. The van der Waals surface area contributed by atoms with Crippen LogP contribution in [0, 0.1) is 0 Å². The van der Waals surface area contributed by atoms with Crippen molar-refractivity contribution >= 4 is 46.6 Å². The molecule has 3 rings (SSSR count). The van der Waals surface area contributed by atoms with Gasteiger partial charge in [-0.3, -0.25) is 9.59 Å². The van der Waals surface area contributed by atoms with Gasteiger partial charge in [0, 0.05) is 36.2 Å². The molecule has 0 bridgehead atoms. The molecule has 0 saturated carbocycles. The lowest BCUT2D eigenvalue weighted by atomic mass is 10.2. The quantitative estimate of drug-likeness (QED) is 0.743. The average molecular weight is 380 g/mol. The first kappa shape index (κ1) is 17.8. The number of nitrogens with one attached hydrogen (secondary N) is 3. The predicted octanol–water partition coefficient (Wildman–Crippen LogP) is 3.22. The molecule has 25 heavy (non-hydrogen) atoms. The van der Waals surface area contributed by atoms with Gasteiger partial charge in [-0.05, 0) is 30.3 Å². The normalized spacial score (nSPS) is 17.1. The molecule has 0 radical (unpaired) electrons. The molecule has 1 saturated heterocycles. The van der Waals surface area contributed by atoms with Crippen LogP contribution in [0.4, 0.5) is 11.4 Å². The Balaban J connectivity index is 1.57. The highest BCUT2D eigenvalue weighted by Crippen LogP contribution is 2.26. The Hall–Kier alpha value is -1.96. The van der Waals surface area contributed by atoms with E-state index in [1.165, 1.54) is 6.26 Å². The third-order valence-electron chi connectivity index (χ3n) is 3.68. The van der Waals surface area contributed by atoms with E-state index in [0.717, 1.165) is 18.1 Å². The number of anilines is 2. The standard InChI is InChI=1S/C17H18ClN3O3S/c18-13-8-11(20-16(22)9-12-10-25-7-5-19-12)3-4-14(13)21-17(23)15-2-1-6-24-15/h1-4,6,8,12,19H,5,7,9-10H2,(H,20,22)(H,21,23). The van der Waals surface area contributed by atoms with Crippen LogP contribution in [-0.4, -0.2) is 35.9 Å². The second-order valence-corrected chi connectivity index (χ2v) is 7.16. The fourth-order valence-corrected chi connectivity index (χ4v) is 3.65. The monoisotopic (exact) mass is 379 g/mol. The first-order valence-corrected chi connectivity index (χ1v) is 9.40. The van der Waals surface area contributed by atoms with Gasteiger partial charge in [-0.1, -0.05) is 11.6 Å². The molecular weight excluding hydrogens is 362 g/mol. The first-order valence-electron chi connectivity index (χ1n) is 7.87. The van der Waals surface area contributed by atoms with Gasteiger partial charge in [0.15, 0.2) is 5.76 Å². The number of halogens is 1. The molecule has 2 amide bonds. The molecule has 6 nitrogen and oxygen atoms in total. The average Bonchev–Trinajstić information content (AvgIpc) is 3.13. The number of rotatable bonds is 5. The lowest BCUT2D eigenvalue weighted by Crippen LogP contribution is -2.39. The number of hydrogen-bond donors (Lipinski definition) is 3. The van der Waals surface area contributed by atoms with Crippen LogP contribution in [0.3, 0.4) is 0 Å². The van der Waals surface area contributed by atoms with Crippen LogP contribution in [0.25, 0.3) is 0 Å². The number of amides is 2. The maximum atomic E-state index is 12.1. The Kier molecular flexibility index (Phi) is 6.01. The SMILES string of the molecule is O=C(CC1CSCCN1)Nc1ccc(NC(=O)c2ccco2)c(Cl)c1. The molecule has 1 atom stereocenters. The molecule has 3 N–H and O–H groups in total. The summed E-state index contributed by atoms with van der Waals surface area (Å²) in [6, 6.07) is 8.35. The van der Waals surface area contributed by atoms with Crippen LogP contribution in [0.2, 0.25) is 5.02 Å². The van der Waals surface area contributed by atoms with Crippen molar-refractivity contribution < 1.29 is 14.0 Å². The number of furan rings is 1. The summed E-state index contributed by atoms with van der Waals surface area (Å²) >= 11 is 8.05. The number of carbonyl (C=O) groups is 2. The maximum absolute atomic E-state index is 12.1. The van der Waals surface area contributed by atoms with Crippen molar-refractivity contribution in [2.75, 3.05) is 28.7 Å². The van der Waals surface area contributed by atoms with Crippen molar-refractivity contribution in [3.05, 3.63) is 47.4 Å². The first-order chi connectivity index (χ1) is 12.1. The van der Waals surface area contributed by atoms with Crippen molar-refractivity contribution in [2.45, 2.75) is 12.5 Å². The minimum atomic E-state index is -0.385. The summed E-state index contributed by atoms with van der Waals surface area (Å²) in [4.78, 5) is 24.1. The number of hydrogen-bond acceptors (Lipinski definition) is 5. The van der Waals surface area contributed by atoms with Crippen LogP contribution in [0.15, 0.2) is 41.0 Å². The largest absolute Gasteiger partial charge is 0.459 e. The van der Waals surface area contributed by atoms with E-state index in [1.807, 2.05) is 11.8 Å². The highest BCUT2D eigenvalue weighted by molar-refractivity contribution is 7.99. The van der Waals surface area contributed by atoms with Crippen molar-refractivity contribution in [2.24, 2.45) is 0 Å². The molecule has 8 heteroatoms. The Morgan fingerprint density at radius 1 is 1.32 bits per heavy atom. The van der Waals surface area contributed by atoms with Gasteiger partial charge in [-0.2, -0.15) is 11.8 Å². The number of benzene rings is 1. The second kappa shape index (κ2) is 8.42. The van der Waals surface area contributed by atoms with E-state index in [4.69, 9.17) is 16.0 Å². The van der Waals surface area contributed by atoms with E-state index < -0.39 is 0 Å². The van der Waals surface area contributed by atoms with Gasteiger partial charge in [0.2, 0.25) is 5.91 Å². The van der Waals surface area contributed by atoms with Crippen molar-refractivity contribution in [3.63, 3.8) is 0 Å². The summed E-state index contributed by atoms with van der Waals surface area (Å²) in [6.45, 7) is 0.929. The van der Waals surface area contributed by atoms with Crippen LogP contribution in [0.5, 0.6) is 0 Å². The maximum Gasteiger partial charge on any atom is 0.291 e. The van der Waals surface area contributed by atoms with E-state index in [-0.39, 0.29) is 23.6 Å². The highest BCUT2D eigenvalue weighted by Gasteiger charge is 2.17. The molecule has 1 aliphatic rings. The Labute approximate surface area is 154 Å². The minimum Gasteiger partial charge on any atom is -0.459 e. The van der Waals surface area contributed by atoms with Gasteiger partial charge in [0.05, 0.1) is 17.0 Å². The third kappa shape index (κ3) is 5.01. The molecule has 1 aliphatic heterocycles. The van der Waals surface area contributed by atoms with Crippen LogP contribution < -0.4 is 16.0 Å². The highest BCUT2D eigenvalue weighted by atomic mass is 35.5. The summed E-state index contributed by atoms with van der Waals surface area (Å²) in [7, 11) is 0. The molecule has 2 heterocycles. The molecule has 132 valence electrons. The lowest BCUT2D eigenvalue weighted by Gasteiger charge is -2.22. The van der Waals surface area contributed by atoms with Crippen molar-refractivity contribution in [1.82, 2.24) is 5.32 Å². The zero-order valence-electron chi connectivity index (χ0n) is 13.4. The molecule has 1 fully saturated rings. The zero-order chi connectivity index (χ0) is 17.6. The Bertz CT molecular complexity index is 746. The van der Waals surface area contributed by atoms with Crippen LogP contribution in [-0.2, 0) is 4.79 Å². The molecule has 1 unspecified atom stereocenters. The summed E-state index contributed by atoms with van der Waals surface area (Å²) in [5, 5.41) is 9.17. The third-order valence-corrected chi connectivity index (χ3v) is 5.12. The molecular formula is C17H18ClN3O3S. The van der Waals surface area contributed by atoms with E-state index in [9.17, 15) is 9.59 Å². The van der Waals surface area contributed by atoms with Gasteiger partial charge in [0.1, 0.15) is 0 Å². The van der Waals surface area contributed by atoms with Gasteiger partial charge >= 0.3 is 0 Å². The van der Waals surface area contributed by atoms with E-state index >= 15 is 0 Å². The summed E-state index contributed by atoms with van der Waals surface area (Å²) in [5.74, 6) is 1.77. The van der Waals surface area contributed by atoms with E-state index in [1.54, 1.807) is 30.3 Å². The smallest absolute Gasteiger partial charge is 0.291 e. The van der Waals surface area contributed by atoms with Gasteiger partial charge in [-0.15, -0.1) is 0 Å². The fraction of sp³-hybridized carbons (Fsp3) is 0.294. The van der Waals surface area contributed by atoms with Crippen LogP contribution in [0.1, 0.15) is 17.0 Å². The van der Waals surface area contributed by atoms with Crippen molar-refractivity contribution in [3.8, 4) is 0 Å². The zero-order valence-corrected chi connectivity index (χ0v) is 15.0. The number of carbonyl (C=O) groups excluding carboxylic acids is 2. The molecule has 2 aromatic rings.